The second-order valence-electron chi connectivity index (χ2n) is 8.87. The molecule has 2 heterocycles. The zero-order chi connectivity index (χ0) is 25.2. The normalized spacial score (nSPS) is 14.8. The summed E-state index contributed by atoms with van der Waals surface area (Å²) in [6.07, 6.45) is 0. The molecule has 0 spiro atoms. The summed E-state index contributed by atoms with van der Waals surface area (Å²) in [5, 5.41) is 21.6. The van der Waals surface area contributed by atoms with Crippen LogP contribution in [0.4, 0.5) is 11.6 Å². The van der Waals surface area contributed by atoms with Crippen LogP contribution in [0.5, 0.6) is 5.75 Å². The number of anilines is 2. The molecule has 0 saturated heterocycles. The van der Waals surface area contributed by atoms with E-state index in [9.17, 15) is 9.90 Å². The second kappa shape index (κ2) is 9.91. The smallest absolute Gasteiger partial charge is 0.255 e. The van der Waals surface area contributed by atoms with E-state index < -0.39 is 6.04 Å². The van der Waals surface area contributed by atoms with Crippen molar-refractivity contribution in [1.82, 2.24) is 14.8 Å². The van der Waals surface area contributed by atoms with Crippen LogP contribution < -0.4 is 10.6 Å². The number of fused-ring (bicyclic) bond motifs is 1. The minimum absolute atomic E-state index is 0.160. The van der Waals surface area contributed by atoms with Gasteiger partial charge < -0.3 is 15.7 Å². The molecule has 1 aliphatic rings. The fourth-order valence-electron chi connectivity index (χ4n) is 4.32. The maximum Gasteiger partial charge on any atom is 0.255 e. The van der Waals surface area contributed by atoms with Crippen LogP contribution in [0.3, 0.4) is 0 Å². The molecule has 3 aromatic carbocycles. The Bertz CT molecular complexity index is 1440. The number of aryl methyl sites for hydroxylation is 2. The van der Waals surface area contributed by atoms with Crippen molar-refractivity contribution in [2.45, 2.75) is 37.7 Å². The van der Waals surface area contributed by atoms with E-state index in [1.165, 1.54) is 5.56 Å². The SMILES string of the molecule is CC1=C(C(=O)Nc2ccc(C)cc2C)[C@H](c2ccc(O)cc2)n2nc(SCc3ccccc3)nc2N1. The number of thioether (sulfide) groups is 1. The first-order chi connectivity index (χ1) is 17.4. The van der Waals surface area contributed by atoms with E-state index in [1.807, 2.05) is 69.3 Å². The highest BCUT2D eigenvalue weighted by Crippen LogP contribution is 2.37. The van der Waals surface area contributed by atoms with Crippen LogP contribution in [0.15, 0.2) is 89.2 Å². The number of amides is 1. The Balaban J connectivity index is 1.50. The maximum atomic E-state index is 13.7. The number of rotatable bonds is 6. The van der Waals surface area contributed by atoms with Crippen molar-refractivity contribution < 1.29 is 9.90 Å². The van der Waals surface area contributed by atoms with Gasteiger partial charge in [0.1, 0.15) is 11.8 Å². The van der Waals surface area contributed by atoms with Crippen molar-refractivity contribution in [1.29, 1.82) is 0 Å². The number of phenolic OH excluding ortho intramolecular Hbond substituents is 1. The van der Waals surface area contributed by atoms with Gasteiger partial charge in [0.05, 0.1) is 5.57 Å². The van der Waals surface area contributed by atoms with E-state index in [-0.39, 0.29) is 11.7 Å². The van der Waals surface area contributed by atoms with E-state index in [1.54, 1.807) is 28.6 Å². The number of carbonyl (C=O) groups excluding carboxylic acids is 1. The Kier molecular flexibility index (Phi) is 6.52. The third-order valence-corrected chi connectivity index (χ3v) is 7.04. The van der Waals surface area contributed by atoms with Gasteiger partial charge in [-0.3, -0.25) is 4.79 Å². The molecule has 0 aliphatic carbocycles. The highest BCUT2D eigenvalue weighted by molar-refractivity contribution is 7.98. The number of aromatic hydroxyl groups is 1. The Morgan fingerprint density at radius 3 is 2.53 bits per heavy atom. The fraction of sp³-hybridized carbons (Fsp3) is 0.179. The van der Waals surface area contributed by atoms with Crippen molar-refractivity contribution in [2.24, 2.45) is 0 Å². The van der Waals surface area contributed by atoms with Gasteiger partial charge in [-0.2, -0.15) is 4.98 Å². The monoisotopic (exact) mass is 497 g/mol. The first-order valence-corrected chi connectivity index (χ1v) is 12.7. The average molecular weight is 498 g/mol. The average Bonchev–Trinajstić information content (AvgIpc) is 3.27. The molecule has 0 bridgehead atoms. The van der Waals surface area contributed by atoms with Crippen molar-refractivity contribution in [2.75, 3.05) is 10.6 Å². The van der Waals surface area contributed by atoms with Crippen LogP contribution >= 0.6 is 11.8 Å². The van der Waals surface area contributed by atoms with Gasteiger partial charge in [-0.15, -0.1) is 5.10 Å². The minimum atomic E-state index is -0.508. The lowest BCUT2D eigenvalue weighted by atomic mass is 9.95. The Labute approximate surface area is 214 Å². The standard InChI is InChI=1S/C28H27N5O2S/c1-17-9-14-23(18(2)15-17)30-26(35)24-19(3)29-27-31-28(36-16-20-7-5-4-6-8-20)32-33(27)25(24)21-10-12-22(34)13-11-21/h4-15,25,34H,16H2,1-3H3,(H,30,35)(H,29,31,32)/t25-/m0/s1. The summed E-state index contributed by atoms with van der Waals surface area (Å²) >= 11 is 1.54. The lowest BCUT2D eigenvalue weighted by Crippen LogP contribution is -2.31. The second-order valence-corrected chi connectivity index (χ2v) is 9.81. The predicted molar refractivity (Wildman–Crippen MR) is 143 cm³/mol. The van der Waals surface area contributed by atoms with Crippen LogP contribution in [0.2, 0.25) is 0 Å². The number of allylic oxidation sites excluding steroid dienone is 1. The van der Waals surface area contributed by atoms with Gasteiger partial charge in [0.25, 0.3) is 5.91 Å². The van der Waals surface area contributed by atoms with Crippen LogP contribution in [0.1, 0.15) is 35.2 Å². The third-order valence-electron chi connectivity index (χ3n) is 6.13. The van der Waals surface area contributed by atoms with Gasteiger partial charge in [-0.25, -0.2) is 4.68 Å². The molecular formula is C28H27N5O2S. The van der Waals surface area contributed by atoms with E-state index in [2.05, 4.69) is 22.8 Å². The molecule has 7 nitrogen and oxygen atoms in total. The summed E-state index contributed by atoms with van der Waals surface area (Å²) in [6.45, 7) is 5.88. The molecule has 4 aromatic rings. The summed E-state index contributed by atoms with van der Waals surface area (Å²) in [4.78, 5) is 18.4. The summed E-state index contributed by atoms with van der Waals surface area (Å²) in [5.74, 6) is 1.25. The number of aromatic nitrogens is 3. The van der Waals surface area contributed by atoms with Gasteiger partial charge in [0, 0.05) is 17.1 Å². The highest BCUT2D eigenvalue weighted by atomic mass is 32.2. The van der Waals surface area contributed by atoms with Crippen LogP contribution in [-0.2, 0) is 10.5 Å². The summed E-state index contributed by atoms with van der Waals surface area (Å²) < 4.78 is 1.75. The molecule has 1 atom stereocenters. The Morgan fingerprint density at radius 1 is 1.06 bits per heavy atom. The van der Waals surface area contributed by atoms with E-state index in [4.69, 9.17) is 10.1 Å². The number of benzene rings is 3. The molecule has 5 rings (SSSR count). The molecule has 3 N–H and O–H groups in total. The quantitative estimate of drug-likeness (QED) is 0.291. The zero-order valence-corrected chi connectivity index (χ0v) is 21.1. The van der Waals surface area contributed by atoms with Gasteiger partial charge >= 0.3 is 0 Å². The van der Waals surface area contributed by atoms with E-state index in [0.29, 0.717) is 22.4 Å². The molecule has 36 heavy (non-hydrogen) atoms. The Hall–Kier alpha value is -4.04. The van der Waals surface area contributed by atoms with Crippen molar-refractivity contribution >= 4 is 29.3 Å². The summed E-state index contributed by atoms with van der Waals surface area (Å²) in [6, 6.07) is 22.4. The highest BCUT2D eigenvalue weighted by Gasteiger charge is 2.34. The zero-order valence-electron chi connectivity index (χ0n) is 20.3. The van der Waals surface area contributed by atoms with Crippen LogP contribution in [0, 0.1) is 13.8 Å². The van der Waals surface area contributed by atoms with Crippen LogP contribution in [0.25, 0.3) is 0 Å². The first kappa shape index (κ1) is 23.7. The van der Waals surface area contributed by atoms with Gasteiger partial charge in [0.15, 0.2) is 0 Å². The number of hydrogen-bond donors (Lipinski definition) is 3. The van der Waals surface area contributed by atoms with Crippen molar-refractivity contribution in [3.05, 3.63) is 106 Å². The number of nitrogens with zero attached hydrogens (tertiary/aromatic N) is 3. The molecule has 0 radical (unpaired) electrons. The molecule has 1 amide bonds. The predicted octanol–water partition coefficient (Wildman–Crippen LogP) is 5.82. The summed E-state index contributed by atoms with van der Waals surface area (Å²) in [5.41, 5.74) is 6.14. The van der Waals surface area contributed by atoms with Gasteiger partial charge in [0.2, 0.25) is 11.1 Å². The van der Waals surface area contributed by atoms with Crippen molar-refractivity contribution in [3.63, 3.8) is 0 Å². The number of phenols is 1. The molecule has 1 aliphatic heterocycles. The van der Waals surface area contributed by atoms with Gasteiger partial charge in [-0.1, -0.05) is 71.9 Å². The molecule has 8 heteroatoms. The minimum Gasteiger partial charge on any atom is -0.508 e. The van der Waals surface area contributed by atoms with Gasteiger partial charge in [-0.05, 0) is 55.7 Å². The maximum absolute atomic E-state index is 13.7. The molecule has 0 fully saturated rings. The third kappa shape index (κ3) is 4.85. The summed E-state index contributed by atoms with van der Waals surface area (Å²) in [7, 11) is 0. The Morgan fingerprint density at radius 2 is 1.81 bits per heavy atom. The number of nitrogens with one attached hydrogen (secondary N) is 2. The van der Waals surface area contributed by atoms with E-state index in [0.717, 1.165) is 28.1 Å². The first-order valence-electron chi connectivity index (χ1n) is 11.7. The fourth-order valence-corrected chi connectivity index (χ4v) is 5.10. The topological polar surface area (TPSA) is 92.1 Å². The molecule has 0 unspecified atom stereocenters. The van der Waals surface area contributed by atoms with E-state index >= 15 is 0 Å². The lowest BCUT2D eigenvalue weighted by Gasteiger charge is -2.28. The molecular weight excluding hydrogens is 470 g/mol. The molecule has 182 valence electrons. The lowest BCUT2D eigenvalue weighted by molar-refractivity contribution is -0.113. The number of hydrogen-bond acceptors (Lipinski definition) is 6. The molecule has 1 aromatic heterocycles. The molecule has 0 saturated carbocycles. The number of carbonyl (C=O) groups is 1. The largest absolute Gasteiger partial charge is 0.508 e. The van der Waals surface area contributed by atoms with Crippen LogP contribution in [-0.4, -0.2) is 25.8 Å². The van der Waals surface area contributed by atoms with Crippen molar-refractivity contribution in [3.8, 4) is 5.75 Å².